The third-order valence-electron chi connectivity index (χ3n) is 4.25. The van der Waals surface area contributed by atoms with Crippen LogP contribution in [0.25, 0.3) is 11.0 Å². The summed E-state index contributed by atoms with van der Waals surface area (Å²) in [5.74, 6) is 1.17. The lowest BCUT2D eigenvalue weighted by Gasteiger charge is -2.15. The van der Waals surface area contributed by atoms with Crippen LogP contribution in [0.3, 0.4) is 0 Å². The maximum Gasteiger partial charge on any atom is 0.338 e. The zero-order valence-electron chi connectivity index (χ0n) is 15.6. The summed E-state index contributed by atoms with van der Waals surface area (Å²) in [5.41, 5.74) is 2.41. The molecule has 0 aliphatic heterocycles. The number of esters is 1. The molecule has 0 spiro atoms. The van der Waals surface area contributed by atoms with Gasteiger partial charge in [0.2, 0.25) is 0 Å². The summed E-state index contributed by atoms with van der Waals surface area (Å²) in [5, 5.41) is 10.4. The molecule has 1 N–H and O–H groups in total. The minimum atomic E-state index is -0.683. The molecule has 1 heterocycles. The van der Waals surface area contributed by atoms with Gasteiger partial charge in [0, 0.05) is 6.42 Å². The zero-order valence-corrected chi connectivity index (χ0v) is 15.6. The number of carbonyl (C=O) groups excluding carboxylic acids is 1. The van der Waals surface area contributed by atoms with Crippen LogP contribution in [0.1, 0.15) is 30.0 Å². The fourth-order valence-electron chi connectivity index (χ4n) is 2.96. The highest BCUT2D eigenvalue weighted by Gasteiger charge is 2.14. The van der Waals surface area contributed by atoms with Crippen LogP contribution in [0.4, 0.5) is 0 Å². The van der Waals surface area contributed by atoms with E-state index in [1.807, 2.05) is 35.8 Å². The van der Waals surface area contributed by atoms with Crippen LogP contribution >= 0.6 is 0 Å². The number of carbonyl (C=O) groups is 1. The summed E-state index contributed by atoms with van der Waals surface area (Å²) < 4.78 is 12.6. The van der Waals surface area contributed by atoms with E-state index in [-0.39, 0.29) is 12.6 Å². The number of fused-ring (bicyclic) bond motifs is 1. The molecule has 3 aromatic rings. The smallest absolute Gasteiger partial charge is 0.338 e. The summed E-state index contributed by atoms with van der Waals surface area (Å²) in [6, 6.07) is 14.6. The molecule has 0 aliphatic carbocycles. The van der Waals surface area contributed by atoms with Crippen LogP contribution in [-0.2, 0) is 17.7 Å². The summed E-state index contributed by atoms with van der Waals surface area (Å²) in [6.07, 6.45) is 0.107. The molecule has 6 heteroatoms. The Hall–Kier alpha value is -2.86. The van der Waals surface area contributed by atoms with Crippen molar-refractivity contribution in [3.8, 4) is 5.75 Å². The minimum Gasteiger partial charge on any atom is -0.491 e. The molecule has 6 nitrogen and oxygen atoms in total. The molecule has 3 rings (SSSR count). The van der Waals surface area contributed by atoms with Gasteiger partial charge < -0.3 is 19.1 Å². The number of aryl methyl sites for hydroxylation is 1. The van der Waals surface area contributed by atoms with Crippen molar-refractivity contribution in [3.05, 3.63) is 59.9 Å². The molecule has 0 radical (unpaired) electrons. The van der Waals surface area contributed by atoms with E-state index in [0.29, 0.717) is 24.5 Å². The standard InChI is InChI=1S/C21H24N2O4/c1-3-20-22-18-7-5-6-8-19(18)23(20)13-16(24)14-27-17-11-9-15(10-12-17)21(25)26-4-2/h5-12,16,24H,3-4,13-14H2,1-2H3/t16-/m1/s1. The zero-order chi connectivity index (χ0) is 19.2. The van der Waals surface area contributed by atoms with Crippen LogP contribution < -0.4 is 4.74 Å². The number of nitrogens with zero attached hydrogens (tertiary/aromatic N) is 2. The van der Waals surface area contributed by atoms with E-state index in [0.717, 1.165) is 23.3 Å². The quantitative estimate of drug-likeness (QED) is 0.618. The second-order valence-corrected chi connectivity index (χ2v) is 6.19. The number of benzene rings is 2. The van der Waals surface area contributed by atoms with Gasteiger partial charge in [0.1, 0.15) is 24.3 Å². The molecule has 0 bridgehead atoms. The van der Waals surface area contributed by atoms with Gasteiger partial charge in [-0.2, -0.15) is 0 Å². The van der Waals surface area contributed by atoms with Gasteiger partial charge in [0.25, 0.3) is 0 Å². The normalized spacial score (nSPS) is 12.1. The van der Waals surface area contributed by atoms with Crippen molar-refractivity contribution in [2.75, 3.05) is 13.2 Å². The Balaban J connectivity index is 1.62. The van der Waals surface area contributed by atoms with Crippen molar-refractivity contribution >= 4 is 17.0 Å². The van der Waals surface area contributed by atoms with E-state index in [2.05, 4.69) is 4.98 Å². The first-order chi connectivity index (χ1) is 13.1. The van der Waals surface area contributed by atoms with Gasteiger partial charge in [-0.25, -0.2) is 9.78 Å². The number of hydrogen-bond acceptors (Lipinski definition) is 5. The molecule has 142 valence electrons. The van der Waals surface area contributed by atoms with Gasteiger partial charge in [-0.3, -0.25) is 0 Å². The van der Waals surface area contributed by atoms with Gasteiger partial charge in [-0.05, 0) is 43.3 Å². The monoisotopic (exact) mass is 368 g/mol. The van der Waals surface area contributed by atoms with E-state index in [9.17, 15) is 9.90 Å². The van der Waals surface area contributed by atoms with E-state index in [1.54, 1.807) is 31.2 Å². The molecule has 0 fully saturated rings. The molecule has 0 saturated heterocycles. The van der Waals surface area contributed by atoms with Crippen LogP contribution in [0, 0.1) is 0 Å². The third-order valence-corrected chi connectivity index (χ3v) is 4.25. The van der Waals surface area contributed by atoms with Crippen molar-refractivity contribution in [2.24, 2.45) is 0 Å². The Morgan fingerprint density at radius 3 is 2.59 bits per heavy atom. The Bertz CT molecular complexity index is 902. The van der Waals surface area contributed by atoms with Gasteiger partial charge in [-0.1, -0.05) is 19.1 Å². The predicted molar refractivity (Wildman–Crippen MR) is 103 cm³/mol. The number of imidazole rings is 1. The van der Waals surface area contributed by atoms with Crippen LogP contribution in [0.2, 0.25) is 0 Å². The average molecular weight is 368 g/mol. The number of aliphatic hydroxyl groups is 1. The number of ether oxygens (including phenoxy) is 2. The molecule has 2 aromatic carbocycles. The summed E-state index contributed by atoms with van der Waals surface area (Å²) in [6.45, 7) is 4.71. The average Bonchev–Trinajstić information content (AvgIpc) is 3.04. The van der Waals surface area contributed by atoms with Gasteiger partial charge in [-0.15, -0.1) is 0 Å². The fourth-order valence-corrected chi connectivity index (χ4v) is 2.96. The number of hydrogen-bond donors (Lipinski definition) is 1. The van der Waals surface area contributed by atoms with Crippen LogP contribution in [0.5, 0.6) is 5.75 Å². The highest BCUT2D eigenvalue weighted by Crippen LogP contribution is 2.18. The van der Waals surface area contributed by atoms with Gasteiger partial charge >= 0.3 is 5.97 Å². The van der Waals surface area contributed by atoms with E-state index in [1.165, 1.54) is 0 Å². The molecule has 1 atom stereocenters. The molecule has 1 aromatic heterocycles. The second kappa shape index (κ2) is 8.68. The third kappa shape index (κ3) is 4.46. The van der Waals surface area contributed by atoms with Crippen molar-refractivity contribution in [3.63, 3.8) is 0 Å². The van der Waals surface area contributed by atoms with Crippen molar-refractivity contribution < 1.29 is 19.4 Å². The molecular formula is C21H24N2O4. The second-order valence-electron chi connectivity index (χ2n) is 6.19. The number of aromatic nitrogens is 2. The van der Waals surface area contributed by atoms with Crippen LogP contribution in [0.15, 0.2) is 48.5 Å². The number of aliphatic hydroxyl groups excluding tert-OH is 1. The fraction of sp³-hybridized carbons (Fsp3) is 0.333. The molecule has 0 unspecified atom stereocenters. The maximum atomic E-state index is 11.7. The summed E-state index contributed by atoms with van der Waals surface area (Å²) in [7, 11) is 0. The molecule has 0 aliphatic rings. The lowest BCUT2D eigenvalue weighted by Crippen LogP contribution is -2.24. The van der Waals surface area contributed by atoms with Crippen molar-refractivity contribution in [1.29, 1.82) is 0 Å². The predicted octanol–water partition coefficient (Wildman–Crippen LogP) is 3.22. The Kier molecular flexibility index (Phi) is 6.08. The minimum absolute atomic E-state index is 0.147. The topological polar surface area (TPSA) is 73.6 Å². The molecular weight excluding hydrogens is 344 g/mol. The first kappa shape index (κ1) is 18.9. The van der Waals surface area contributed by atoms with Crippen LogP contribution in [-0.4, -0.2) is 39.9 Å². The lowest BCUT2D eigenvalue weighted by atomic mass is 10.2. The van der Waals surface area contributed by atoms with E-state index >= 15 is 0 Å². The summed E-state index contributed by atoms with van der Waals surface area (Å²) in [4.78, 5) is 16.3. The Morgan fingerprint density at radius 1 is 1.15 bits per heavy atom. The lowest BCUT2D eigenvalue weighted by molar-refractivity contribution is 0.0526. The first-order valence-corrected chi connectivity index (χ1v) is 9.14. The Morgan fingerprint density at radius 2 is 1.89 bits per heavy atom. The molecule has 0 saturated carbocycles. The first-order valence-electron chi connectivity index (χ1n) is 9.14. The number of rotatable bonds is 8. The molecule has 27 heavy (non-hydrogen) atoms. The number of para-hydroxylation sites is 2. The van der Waals surface area contributed by atoms with E-state index < -0.39 is 6.10 Å². The van der Waals surface area contributed by atoms with Crippen molar-refractivity contribution in [1.82, 2.24) is 9.55 Å². The largest absolute Gasteiger partial charge is 0.491 e. The SMILES string of the molecule is CCOC(=O)c1ccc(OC[C@H](O)Cn2c(CC)nc3ccccc32)cc1. The van der Waals surface area contributed by atoms with E-state index in [4.69, 9.17) is 9.47 Å². The summed E-state index contributed by atoms with van der Waals surface area (Å²) >= 11 is 0. The highest BCUT2D eigenvalue weighted by atomic mass is 16.5. The van der Waals surface area contributed by atoms with Gasteiger partial charge in [0.15, 0.2) is 0 Å². The van der Waals surface area contributed by atoms with Crippen molar-refractivity contribution in [2.45, 2.75) is 32.9 Å². The Labute approximate surface area is 158 Å². The highest BCUT2D eigenvalue weighted by molar-refractivity contribution is 5.89. The molecule has 0 amide bonds. The van der Waals surface area contributed by atoms with Gasteiger partial charge in [0.05, 0.1) is 29.7 Å². The maximum absolute atomic E-state index is 11.7.